The molecule has 138 valence electrons. The Morgan fingerprint density at radius 2 is 2.24 bits per heavy atom. The van der Waals surface area contributed by atoms with Crippen molar-refractivity contribution in [2.75, 3.05) is 56.7 Å². The van der Waals surface area contributed by atoms with Crippen LogP contribution >= 0.6 is 0 Å². The molecule has 2 atom stereocenters. The molecule has 1 aromatic heterocycles. The highest BCUT2D eigenvalue weighted by Gasteiger charge is 2.53. The van der Waals surface area contributed by atoms with Gasteiger partial charge in [0, 0.05) is 46.0 Å². The maximum absolute atomic E-state index is 12.2. The van der Waals surface area contributed by atoms with Gasteiger partial charge in [0.15, 0.2) is 0 Å². The molecule has 8 nitrogen and oxygen atoms in total. The van der Waals surface area contributed by atoms with Gasteiger partial charge in [0.1, 0.15) is 11.2 Å². The molecule has 0 bridgehead atoms. The largest absolute Gasteiger partial charge is 0.481 e. The number of carbonyl (C=O) groups is 1. The first-order chi connectivity index (χ1) is 12.0. The zero-order chi connectivity index (χ0) is 18.0. The van der Waals surface area contributed by atoms with E-state index in [0.29, 0.717) is 25.5 Å². The van der Waals surface area contributed by atoms with Crippen LogP contribution in [0.1, 0.15) is 19.3 Å². The number of aliphatic hydroxyl groups excluding tert-OH is 1. The lowest BCUT2D eigenvalue weighted by atomic mass is 9.69. The second kappa shape index (κ2) is 7.13. The second-order valence-corrected chi connectivity index (χ2v) is 7.16. The summed E-state index contributed by atoms with van der Waals surface area (Å²) in [6.45, 7) is 2.58. The molecular formula is C17H27N5O3. The van der Waals surface area contributed by atoms with E-state index in [1.165, 1.54) is 0 Å². The third kappa shape index (κ3) is 3.28. The molecule has 0 amide bonds. The van der Waals surface area contributed by atoms with Crippen LogP contribution in [-0.2, 0) is 4.79 Å². The average molecular weight is 349 g/mol. The van der Waals surface area contributed by atoms with Gasteiger partial charge < -0.3 is 20.0 Å². The lowest BCUT2D eigenvalue weighted by molar-refractivity contribution is -0.158. The Balaban J connectivity index is 1.88. The van der Waals surface area contributed by atoms with E-state index in [1.54, 1.807) is 6.20 Å². The Bertz CT molecular complexity index is 624. The number of hydrogen-bond acceptors (Lipinski definition) is 7. The minimum absolute atomic E-state index is 0.0424. The molecule has 0 aromatic carbocycles. The van der Waals surface area contributed by atoms with E-state index < -0.39 is 11.4 Å². The Morgan fingerprint density at radius 1 is 1.44 bits per heavy atom. The molecule has 0 radical (unpaired) electrons. The molecular weight excluding hydrogens is 322 g/mol. The lowest BCUT2D eigenvalue weighted by Crippen LogP contribution is -2.64. The molecule has 2 N–H and O–H groups in total. The molecule has 3 heterocycles. The number of hydrogen-bond donors (Lipinski definition) is 2. The Hall–Kier alpha value is -1.93. The predicted octanol–water partition coefficient (Wildman–Crippen LogP) is 0.280. The molecule has 2 aliphatic heterocycles. The van der Waals surface area contributed by atoms with E-state index in [0.717, 1.165) is 31.7 Å². The molecule has 2 saturated heterocycles. The third-order valence-corrected chi connectivity index (χ3v) is 5.47. The maximum Gasteiger partial charge on any atom is 0.313 e. The summed E-state index contributed by atoms with van der Waals surface area (Å²) in [5.74, 6) is 0.639. The quantitative estimate of drug-likeness (QED) is 0.783. The highest BCUT2D eigenvalue weighted by atomic mass is 16.4. The summed E-state index contributed by atoms with van der Waals surface area (Å²) < 4.78 is 0. The topological polar surface area (TPSA) is 93.0 Å². The Morgan fingerprint density at radius 3 is 2.92 bits per heavy atom. The van der Waals surface area contributed by atoms with Gasteiger partial charge in [-0.3, -0.25) is 9.69 Å². The van der Waals surface area contributed by atoms with E-state index in [-0.39, 0.29) is 12.6 Å². The summed E-state index contributed by atoms with van der Waals surface area (Å²) in [5, 5.41) is 19.4. The number of β-amino-alcohol motifs (C(OH)–C–C–N with tert-alkyl or cyclic N) is 1. The fourth-order valence-electron chi connectivity index (χ4n) is 4.24. The van der Waals surface area contributed by atoms with E-state index in [9.17, 15) is 15.0 Å². The van der Waals surface area contributed by atoms with Crippen LogP contribution in [0, 0.1) is 5.41 Å². The number of carboxylic acids is 1. The second-order valence-electron chi connectivity index (χ2n) is 7.16. The Labute approximate surface area is 148 Å². The zero-order valence-electron chi connectivity index (χ0n) is 14.9. The van der Waals surface area contributed by atoms with Crippen LogP contribution in [0.4, 0.5) is 11.8 Å². The molecule has 1 aromatic rings. The fourth-order valence-corrected chi connectivity index (χ4v) is 4.24. The molecule has 0 unspecified atom stereocenters. The van der Waals surface area contributed by atoms with Crippen molar-refractivity contribution in [1.29, 1.82) is 0 Å². The summed E-state index contributed by atoms with van der Waals surface area (Å²) in [4.78, 5) is 27.2. The number of aromatic nitrogens is 2. The highest BCUT2D eigenvalue weighted by Crippen LogP contribution is 2.42. The number of aliphatic carboxylic acids is 1. The van der Waals surface area contributed by atoms with Gasteiger partial charge in [0.05, 0.1) is 6.61 Å². The number of aliphatic hydroxyl groups is 1. The highest BCUT2D eigenvalue weighted by molar-refractivity contribution is 5.77. The van der Waals surface area contributed by atoms with Gasteiger partial charge in [-0.25, -0.2) is 4.98 Å². The van der Waals surface area contributed by atoms with Crippen LogP contribution < -0.4 is 9.80 Å². The molecule has 8 heteroatoms. The number of rotatable bonds is 5. The number of fused-ring (bicyclic) bond motifs is 1. The molecule has 2 aliphatic rings. The van der Waals surface area contributed by atoms with Gasteiger partial charge >= 0.3 is 5.97 Å². The van der Waals surface area contributed by atoms with Crippen molar-refractivity contribution in [3.63, 3.8) is 0 Å². The summed E-state index contributed by atoms with van der Waals surface area (Å²) in [6, 6.07) is 1.80. The van der Waals surface area contributed by atoms with Gasteiger partial charge in [0.25, 0.3) is 0 Å². The summed E-state index contributed by atoms with van der Waals surface area (Å²) >= 11 is 0. The van der Waals surface area contributed by atoms with Crippen LogP contribution in [0.3, 0.4) is 0 Å². The van der Waals surface area contributed by atoms with E-state index >= 15 is 0 Å². The van der Waals surface area contributed by atoms with E-state index in [2.05, 4.69) is 14.9 Å². The number of carboxylic acid groups (broad SMARTS) is 1. The third-order valence-electron chi connectivity index (χ3n) is 5.47. The van der Waals surface area contributed by atoms with E-state index in [4.69, 9.17) is 0 Å². The van der Waals surface area contributed by atoms with Crippen molar-refractivity contribution in [3.8, 4) is 0 Å². The SMILES string of the molecule is CN(C)c1ccnc(N2CC[C@@H]3N(CCO)CCC[C@@]3(C(=O)O)C2)n1. The van der Waals surface area contributed by atoms with Crippen molar-refractivity contribution in [3.05, 3.63) is 12.3 Å². The molecule has 0 spiro atoms. The fraction of sp³-hybridized carbons (Fsp3) is 0.706. The van der Waals surface area contributed by atoms with Gasteiger partial charge in [-0.15, -0.1) is 0 Å². The van der Waals surface area contributed by atoms with E-state index in [1.807, 2.05) is 30.0 Å². The van der Waals surface area contributed by atoms with Gasteiger partial charge in [-0.1, -0.05) is 0 Å². The molecule has 2 fully saturated rings. The first-order valence-electron chi connectivity index (χ1n) is 8.81. The molecule has 0 aliphatic carbocycles. The molecule has 3 rings (SSSR count). The number of piperidine rings is 2. The van der Waals surface area contributed by atoms with Gasteiger partial charge in [-0.05, 0) is 31.9 Å². The van der Waals surface area contributed by atoms with Crippen molar-refractivity contribution < 1.29 is 15.0 Å². The first kappa shape index (κ1) is 17.9. The first-order valence-corrected chi connectivity index (χ1v) is 8.81. The molecule has 25 heavy (non-hydrogen) atoms. The normalized spacial score (nSPS) is 27.0. The number of anilines is 2. The number of likely N-dealkylation sites (tertiary alicyclic amines) is 1. The predicted molar refractivity (Wildman–Crippen MR) is 94.9 cm³/mol. The van der Waals surface area contributed by atoms with Gasteiger partial charge in [0.2, 0.25) is 5.95 Å². The Kier molecular flexibility index (Phi) is 5.10. The standard InChI is InChI=1S/C17H27N5O3/c1-20(2)14-4-7-18-16(19-14)22-9-5-13-17(12-22,15(24)25)6-3-8-21(13)10-11-23/h4,7,13,23H,3,5-6,8-12H2,1-2H3,(H,24,25)/t13-,17+/m0/s1. The summed E-state index contributed by atoms with van der Waals surface area (Å²) in [5.41, 5.74) is -0.830. The summed E-state index contributed by atoms with van der Waals surface area (Å²) in [6.07, 6.45) is 3.94. The smallest absolute Gasteiger partial charge is 0.313 e. The lowest BCUT2D eigenvalue weighted by Gasteiger charge is -2.52. The van der Waals surface area contributed by atoms with Crippen LogP contribution in [-0.4, -0.2) is 84.0 Å². The average Bonchev–Trinajstić information content (AvgIpc) is 2.61. The van der Waals surface area contributed by atoms with Crippen LogP contribution in [0.25, 0.3) is 0 Å². The summed E-state index contributed by atoms with van der Waals surface area (Å²) in [7, 11) is 3.84. The van der Waals surface area contributed by atoms with Crippen LogP contribution in [0.5, 0.6) is 0 Å². The monoisotopic (exact) mass is 349 g/mol. The molecule has 0 saturated carbocycles. The van der Waals surface area contributed by atoms with Crippen molar-refractivity contribution in [1.82, 2.24) is 14.9 Å². The van der Waals surface area contributed by atoms with Crippen LogP contribution in [0.15, 0.2) is 12.3 Å². The maximum atomic E-state index is 12.2. The minimum Gasteiger partial charge on any atom is -0.481 e. The number of nitrogens with zero attached hydrogens (tertiary/aromatic N) is 5. The van der Waals surface area contributed by atoms with Crippen molar-refractivity contribution in [2.24, 2.45) is 5.41 Å². The van der Waals surface area contributed by atoms with Gasteiger partial charge in [-0.2, -0.15) is 4.98 Å². The van der Waals surface area contributed by atoms with Crippen molar-refractivity contribution in [2.45, 2.75) is 25.3 Å². The van der Waals surface area contributed by atoms with Crippen molar-refractivity contribution >= 4 is 17.7 Å². The zero-order valence-corrected chi connectivity index (χ0v) is 14.9. The minimum atomic E-state index is -0.830. The van der Waals surface area contributed by atoms with Crippen LogP contribution in [0.2, 0.25) is 0 Å².